The number of carbonyl (C=O) groups is 2. The Morgan fingerprint density at radius 2 is 1.76 bits per heavy atom. The van der Waals surface area contributed by atoms with Gasteiger partial charge in [0.2, 0.25) is 11.8 Å². The number of aryl methyl sites for hydroxylation is 1. The van der Waals surface area contributed by atoms with Crippen molar-refractivity contribution in [2.75, 3.05) is 6.54 Å². The summed E-state index contributed by atoms with van der Waals surface area (Å²) >= 11 is 0. The van der Waals surface area contributed by atoms with Crippen LogP contribution >= 0.6 is 0 Å². The lowest BCUT2D eigenvalue weighted by Gasteiger charge is -2.33. The Bertz CT molecular complexity index is 756. The van der Waals surface area contributed by atoms with Gasteiger partial charge >= 0.3 is 7.12 Å². The SMILES string of the molecule is CCCCNC(=O)C(CCCCB1OC(C)(C)C(C)(C)O1)(CCc1ccccn1)NC(C)=O. The molecule has 0 bridgehead atoms. The summed E-state index contributed by atoms with van der Waals surface area (Å²) in [6, 6.07) is 5.76. The number of unbranched alkanes of at least 4 members (excludes halogenated alkanes) is 2. The van der Waals surface area contributed by atoms with Crippen molar-refractivity contribution in [1.82, 2.24) is 15.6 Å². The van der Waals surface area contributed by atoms with E-state index in [4.69, 9.17) is 9.31 Å². The fourth-order valence-corrected chi connectivity index (χ4v) is 4.13. The third-order valence-corrected chi connectivity index (χ3v) is 6.80. The average molecular weight is 459 g/mol. The van der Waals surface area contributed by atoms with Gasteiger partial charge in [0.1, 0.15) is 5.54 Å². The molecule has 1 aliphatic rings. The number of hydrogen-bond acceptors (Lipinski definition) is 5. The van der Waals surface area contributed by atoms with Crippen molar-refractivity contribution in [2.24, 2.45) is 0 Å². The van der Waals surface area contributed by atoms with Crippen LogP contribution in [0.3, 0.4) is 0 Å². The molecular formula is C25H42BN3O4. The first-order chi connectivity index (χ1) is 15.5. The van der Waals surface area contributed by atoms with Gasteiger partial charge < -0.3 is 19.9 Å². The van der Waals surface area contributed by atoms with E-state index in [1.165, 1.54) is 6.92 Å². The molecule has 1 saturated heterocycles. The zero-order valence-corrected chi connectivity index (χ0v) is 21.3. The molecule has 1 aromatic rings. The van der Waals surface area contributed by atoms with Crippen molar-refractivity contribution < 1.29 is 18.9 Å². The molecule has 2 rings (SSSR count). The zero-order valence-electron chi connectivity index (χ0n) is 21.3. The maximum absolute atomic E-state index is 13.3. The number of carbonyl (C=O) groups excluding carboxylic acids is 2. The van der Waals surface area contributed by atoms with E-state index in [2.05, 4.69) is 22.5 Å². The Morgan fingerprint density at radius 1 is 1.06 bits per heavy atom. The predicted octanol–water partition coefficient (Wildman–Crippen LogP) is 4.07. The summed E-state index contributed by atoms with van der Waals surface area (Å²) in [7, 11) is -0.253. The molecule has 0 radical (unpaired) electrons. The molecule has 0 saturated carbocycles. The standard InChI is InChI=1S/C25H42BN3O4/c1-7-8-18-28-22(31)25(29-20(2)30,16-14-21-13-9-12-19-27-21)15-10-11-17-26-32-23(3,4)24(5,6)33-26/h9,12-13,19H,7-8,10-11,14-18H2,1-6H3,(H,28,31)(H,29,30). The smallest absolute Gasteiger partial charge is 0.403 e. The molecule has 7 nitrogen and oxygen atoms in total. The molecule has 0 spiro atoms. The number of hydrogen-bond donors (Lipinski definition) is 2. The maximum atomic E-state index is 13.3. The molecule has 2 amide bonds. The number of nitrogens with zero attached hydrogens (tertiary/aromatic N) is 1. The van der Waals surface area contributed by atoms with Crippen LogP contribution in [0.15, 0.2) is 24.4 Å². The number of aromatic nitrogens is 1. The van der Waals surface area contributed by atoms with Gasteiger partial charge in [-0.15, -0.1) is 0 Å². The molecule has 33 heavy (non-hydrogen) atoms. The van der Waals surface area contributed by atoms with E-state index in [1.807, 2.05) is 45.9 Å². The normalized spacial score (nSPS) is 18.5. The fraction of sp³-hybridized carbons (Fsp3) is 0.720. The second kappa shape index (κ2) is 12.0. The molecule has 1 unspecified atom stereocenters. The number of nitrogens with one attached hydrogen (secondary N) is 2. The summed E-state index contributed by atoms with van der Waals surface area (Å²) < 4.78 is 12.2. The molecule has 1 aliphatic heterocycles. The summed E-state index contributed by atoms with van der Waals surface area (Å²) in [4.78, 5) is 29.9. The molecule has 8 heteroatoms. The minimum absolute atomic E-state index is 0.113. The topological polar surface area (TPSA) is 89.6 Å². The van der Waals surface area contributed by atoms with Gasteiger partial charge in [-0.25, -0.2) is 0 Å². The van der Waals surface area contributed by atoms with Gasteiger partial charge in [0.05, 0.1) is 11.2 Å². The Labute approximate surface area is 199 Å². The molecule has 2 N–H and O–H groups in total. The van der Waals surface area contributed by atoms with Crippen molar-refractivity contribution in [3.63, 3.8) is 0 Å². The molecule has 1 fully saturated rings. The molecule has 1 atom stereocenters. The number of amides is 2. The fourth-order valence-electron chi connectivity index (χ4n) is 4.13. The van der Waals surface area contributed by atoms with Crippen molar-refractivity contribution >= 4 is 18.9 Å². The van der Waals surface area contributed by atoms with E-state index in [1.54, 1.807) is 6.20 Å². The monoisotopic (exact) mass is 459 g/mol. The quantitative estimate of drug-likeness (QED) is 0.343. The first kappa shape index (κ1) is 27.3. The van der Waals surface area contributed by atoms with Gasteiger partial charge in [0, 0.05) is 25.4 Å². The summed E-state index contributed by atoms with van der Waals surface area (Å²) in [6.45, 7) is 12.4. The van der Waals surface area contributed by atoms with Crippen LogP contribution in [-0.4, -0.2) is 47.2 Å². The van der Waals surface area contributed by atoms with Crippen LogP contribution in [0.1, 0.15) is 85.8 Å². The third kappa shape index (κ3) is 7.82. The van der Waals surface area contributed by atoms with Gasteiger partial charge in [0.25, 0.3) is 0 Å². The van der Waals surface area contributed by atoms with E-state index in [9.17, 15) is 9.59 Å². The van der Waals surface area contributed by atoms with Crippen LogP contribution in [0.2, 0.25) is 6.32 Å². The summed E-state index contributed by atoms with van der Waals surface area (Å²) in [5.74, 6) is -0.315. The Kier molecular flexibility index (Phi) is 9.91. The highest BCUT2D eigenvalue weighted by atomic mass is 16.7. The van der Waals surface area contributed by atoms with Crippen LogP contribution in [0.25, 0.3) is 0 Å². The van der Waals surface area contributed by atoms with Gasteiger partial charge in [-0.3, -0.25) is 14.6 Å². The van der Waals surface area contributed by atoms with Gasteiger partial charge in [-0.05, 0) is 71.8 Å². The van der Waals surface area contributed by atoms with E-state index in [0.717, 1.165) is 37.7 Å². The number of rotatable bonds is 13. The van der Waals surface area contributed by atoms with Gasteiger partial charge in [0.15, 0.2) is 0 Å². The maximum Gasteiger partial charge on any atom is 0.457 e. The zero-order chi connectivity index (χ0) is 24.5. The minimum atomic E-state index is -0.965. The molecule has 184 valence electrons. The first-order valence-electron chi connectivity index (χ1n) is 12.3. The molecule has 0 aliphatic carbocycles. The first-order valence-corrected chi connectivity index (χ1v) is 12.3. The van der Waals surface area contributed by atoms with Crippen LogP contribution < -0.4 is 10.6 Å². The lowest BCUT2D eigenvalue weighted by molar-refractivity contribution is -0.133. The van der Waals surface area contributed by atoms with Crippen molar-refractivity contribution in [3.05, 3.63) is 30.1 Å². The summed E-state index contributed by atoms with van der Waals surface area (Å²) in [5, 5.41) is 6.05. The van der Waals surface area contributed by atoms with Crippen LogP contribution in [0.5, 0.6) is 0 Å². The Balaban J connectivity index is 2.05. The molecule has 2 heterocycles. The van der Waals surface area contributed by atoms with E-state index >= 15 is 0 Å². The number of pyridine rings is 1. The van der Waals surface area contributed by atoms with Crippen LogP contribution in [0.4, 0.5) is 0 Å². The van der Waals surface area contributed by atoms with E-state index in [-0.39, 0.29) is 30.1 Å². The summed E-state index contributed by atoms with van der Waals surface area (Å²) in [6.07, 6.45) is 7.67. The van der Waals surface area contributed by atoms with Gasteiger partial charge in [-0.2, -0.15) is 0 Å². The second-order valence-electron chi connectivity index (χ2n) is 10.1. The van der Waals surface area contributed by atoms with E-state index in [0.29, 0.717) is 25.8 Å². The highest BCUT2D eigenvalue weighted by molar-refractivity contribution is 6.45. The summed E-state index contributed by atoms with van der Waals surface area (Å²) in [5.41, 5.74) is -0.753. The highest BCUT2D eigenvalue weighted by Gasteiger charge is 2.50. The van der Waals surface area contributed by atoms with Crippen molar-refractivity contribution in [2.45, 2.75) is 110 Å². The Hall–Kier alpha value is -1.93. The third-order valence-electron chi connectivity index (χ3n) is 6.80. The highest BCUT2D eigenvalue weighted by Crippen LogP contribution is 2.38. The molecular weight excluding hydrogens is 417 g/mol. The van der Waals surface area contributed by atoms with Crippen molar-refractivity contribution in [1.29, 1.82) is 0 Å². The van der Waals surface area contributed by atoms with E-state index < -0.39 is 5.54 Å². The minimum Gasteiger partial charge on any atom is -0.403 e. The second-order valence-corrected chi connectivity index (χ2v) is 10.1. The van der Waals surface area contributed by atoms with Gasteiger partial charge in [-0.1, -0.05) is 32.3 Å². The van der Waals surface area contributed by atoms with Crippen molar-refractivity contribution in [3.8, 4) is 0 Å². The van der Waals surface area contributed by atoms with Crippen LogP contribution in [-0.2, 0) is 25.3 Å². The predicted molar refractivity (Wildman–Crippen MR) is 132 cm³/mol. The lowest BCUT2D eigenvalue weighted by atomic mass is 9.79. The molecule has 0 aromatic carbocycles. The molecule has 1 aromatic heterocycles. The largest absolute Gasteiger partial charge is 0.457 e. The average Bonchev–Trinajstić information content (AvgIpc) is 2.96. The lowest BCUT2D eigenvalue weighted by Crippen LogP contribution is -2.58. The van der Waals surface area contributed by atoms with Crippen LogP contribution in [0, 0.1) is 0 Å². The Morgan fingerprint density at radius 3 is 2.33 bits per heavy atom.